The topological polar surface area (TPSA) is 73.1 Å². The number of rotatable bonds is 7. The summed E-state index contributed by atoms with van der Waals surface area (Å²) in [5.74, 6) is 1.19. The highest BCUT2D eigenvalue weighted by molar-refractivity contribution is 7.99. The molecule has 1 aromatic heterocycles. The van der Waals surface area contributed by atoms with Crippen LogP contribution in [0.1, 0.15) is 5.56 Å². The van der Waals surface area contributed by atoms with Gasteiger partial charge in [0.2, 0.25) is 5.16 Å². The van der Waals surface area contributed by atoms with Gasteiger partial charge in [-0.15, -0.1) is 5.10 Å². The zero-order valence-corrected chi connectivity index (χ0v) is 14.1. The minimum absolute atomic E-state index is 0.225. The number of tetrazole rings is 1. The molecule has 2 aromatic carbocycles. The molecule has 24 heavy (non-hydrogen) atoms. The summed E-state index contributed by atoms with van der Waals surface area (Å²) in [5, 5.41) is 22.5. The van der Waals surface area contributed by atoms with Crippen molar-refractivity contribution in [3.63, 3.8) is 0 Å². The van der Waals surface area contributed by atoms with E-state index in [2.05, 4.69) is 15.5 Å². The molecular weight excluding hydrogens is 324 g/mol. The maximum absolute atomic E-state index is 10.1. The van der Waals surface area contributed by atoms with Crippen molar-refractivity contribution >= 4 is 11.8 Å². The number of aromatic nitrogens is 4. The van der Waals surface area contributed by atoms with Crippen molar-refractivity contribution in [2.45, 2.75) is 18.2 Å². The monoisotopic (exact) mass is 342 g/mol. The summed E-state index contributed by atoms with van der Waals surface area (Å²) >= 11 is 1.39. The minimum Gasteiger partial charge on any atom is -0.491 e. The van der Waals surface area contributed by atoms with Crippen molar-refractivity contribution < 1.29 is 9.84 Å². The summed E-state index contributed by atoms with van der Waals surface area (Å²) in [5.41, 5.74) is 2.07. The summed E-state index contributed by atoms with van der Waals surface area (Å²) in [6.07, 6.45) is -0.613. The van der Waals surface area contributed by atoms with E-state index in [4.69, 9.17) is 4.74 Å². The molecule has 3 rings (SSSR count). The van der Waals surface area contributed by atoms with E-state index < -0.39 is 6.10 Å². The van der Waals surface area contributed by atoms with E-state index in [0.29, 0.717) is 10.9 Å². The standard InChI is InChI=1S/C17H18N4O2S/c1-13-7-9-14(10-8-13)21-17(18-19-20-21)24-12-15(22)11-23-16-5-3-2-4-6-16/h2-10,15,22H,11-12H2,1H3/t15-/m0/s1. The van der Waals surface area contributed by atoms with Crippen LogP contribution in [-0.2, 0) is 0 Å². The maximum atomic E-state index is 10.1. The highest BCUT2D eigenvalue weighted by Crippen LogP contribution is 2.19. The normalized spacial score (nSPS) is 12.1. The van der Waals surface area contributed by atoms with Crippen LogP contribution < -0.4 is 4.74 Å². The summed E-state index contributed by atoms with van der Waals surface area (Å²) in [4.78, 5) is 0. The van der Waals surface area contributed by atoms with E-state index >= 15 is 0 Å². The number of para-hydroxylation sites is 1. The molecule has 7 heteroatoms. The lowest BCUT2D eigenvalue weighted by atomic mass is 10.2. The Morgan fingerprint density at radius 1 is 1.12 bits per heavy atom. The molecule has 0 saturated carbocycles. The Kier molecular flexibility index (Phi) is 5.45. The van der Waals surface area contributed by atoms with Crippen LogP contribution in [0.3, 0.4) is 0 Å². The molecule has 0 aliphatic heterocycles. The lowest BCUT2D eigenvalue weighted by Gasteiger charge is -2.11. The Balaban J connectivity index is 1.55. The number of ether oxygens (including phenoxy) is 1. The molecule has 0 aliphatic carbocycles. The summed E-state index contributed by atoms with van der Waals surface area (Å²) in [6.45, 7) is 2.26. The number of thioether (sulfide) groups is 1. The number of aliphatic hydroxyl groups is 1. The smallest absolute Gasteiger partial charge is 0.214 e. The fraction of sp³-hybridized carbons (Fsp3) is 0.235. The van der Waals surface area contributed by atoms with Gasteiger partial charge in [0, 0.05) is 5.75 Å². The first-order valence-electron chi connectivity index (χ1n) is 7.56. The molecule has 6 nitrogen and oxygen atoms in total. The van der Waals surface area contributed by atoms with E-state index in [1.54, 1.807) is 4.68 Å². The van der Waals surface area contributed by atoms with E-state index in [9.17, 15) is 5.11 Å². The zero-order chi connectivity index (χ0) is 16.8. The van der Waals surface area contributed by atoms with Crippen molar-refractivity contribution in [2.24, 2.45) is 0 Å². The van der Waals surface area contributed by atoms with Crippen molar-refractivity contribution in [3.8, 4) is 11.4 Å². The van der Waals surface area contributed by atoms with Gasteiger partial charge in [-0.3, -0.25) is 0 Å². The molecule has 0 unspecified atom stereocenters. The Hall–Kier alpha value is -2.38. The first kappa shape index (κ1) is 16.5. The quantitative estimate of drug-likeness (QED) is 0.665. The lowest BCUT2D eigenvalue weighted by Crippen LogP contribution is -2.20. The fourth-order valence-corrected chi connectivity index (χ4v) is 2.84. The van der Waals surface area contributed by atoms with Gasteiger partial charge in [0.25, 0.3) is 0 Å². The summed E-state index contributed by atoms with van der Waals surface area (Å²) in [6, 6.07) is 17.4. The van der Waals surface area contributed by atoms with Gasteiger partial charge < -0.3 is 9.84 Å². The molecule has 0 aliphatic rings. The van der Waals surface area contributed by atoms with Crippen molar-refractivity contribution in [1.29, 1.82) is 0 Å². The molecule has 0 bridgehead atoms. The van der Waals surface area contributed by atoms with Crippen LogP contribution >= 0.6 is 11.8 Å². The number of hydrogen-bond acceptors (Lipinski definition) is 6. The highest BCUT2D eigenvalue weighted by atomic mass is 32.2. The summed E-state index contributed by atoms with van der Waals surface area (Å²) < 4.78 is 7.21. The van der Waals surface area contributed by atoms with Gasteiger partial charge in [-0.05, 0) is 41.6 Å². The van der Waals surface area contributed by atoms with E-state index in [1.165, 1.54) is 17.3 Å². The van der Waals surface area contributed by atoms with Crippen LogP contribution in [0.15, 0.2) is 59.8 Å². The van der Waals surface area contributed by atoms with Crippen LogP contribution in [0.4, 0.5) is 0 Å². The summed E-state index contributed by atoms with van der Waals surface area (Å²) in [7, 11) is 0. The van der Waals surface area contributed by atoms with Crippen molar-refractivity contribution in [1.82, 2.24) is 20.2 Å². The molecule has 0 saturated heterocycles. The van der Waals surface area contributed by atoms with Gasteiger partial charge >= 0.3 is 0 Å². The second kappa shape index (κ2) is 7.94. The Morgan fingerprint density at radius 2 is 1.88 bits per heavy atom. The van der Waals surface area contributed by atoms with Crippen LogP contribution in [0.5, 0.6) is 5.75 Å². The number of aliphatic hydroxyl groups excluding tert-OH is 1. The van der Waals surface area contributed by atoms with Gasteiger partial charge in [0.05, 0.1) is 11.8 Å². The van der Waals surface area contributed by atoms with Crippen LogP contribution in [0.2, 0.25) is 0 Å². The largest absolute Gasteiger partial charge is 0.491 e. The van der Waals surface area contributed by atoms with Gasteiger partial charge in [0.15, 0.2) is 0 Å². The third-order valence-corrected chi connectivity index (χ3v) is 4.37. The van der Waals surface area contributed by atoms with Gasteiger partial charge in [0.1, 0.15) is 12.4 Å². The van der Waals surface area contributed by atoms with Gasteiger partial charge in [-0.25, -0.2) is 0 Å². The highest BCUT2D eigenvalue weighted by Gasteiger charge is 2.12. The average Bonchev–Trinajstić information content (AvgIpc) is 3.08. The third-order valence-electron chi connectivity index (χ3n) is 3.31. The average molecular weight is 342 g/mol. The van der Waals surface area contributed by atoms with Crippen LogP contribution in [-0.4, -0.2) is 43.8 Å². The predicted molar refractivity (Wildman–Crippen MR) is 92.6 cm³/mol. The molecule has 0 spiro atoms. The SMILES string of the molecule is Cc1ccc(-n2nnnc2SC[C@@H](O)COc2ccccc2)cc1. The predicted octanol–water partition coefficient (Wildman–Crippen LogP) is 2.50. The number of aryl methyl sites for hydroxylation is 1. The lowest BCUT2D eigenvalue weighted by molar-refractivity contribution is 0.126. The molecule has 1 heterocycles. The molecule has 0 radical (unpaired) electrons. The fourth-order valence-electron chi connectivity index (χ4n) is 2.04. The minimum atomic E-state index is -0.613. The van der Waals surface area contributed by atoms with Gasteiger partial charge in [-0.2, -0.15) is 4.68 Å². The van der Waals surface area contributed by atoms with E-state index in [0.717, 1.165) is 11.4 Å². The number of hydrogen-bond donors (Lipinski definition) is 1. The van der Waals surface area contributed by atoms with Crippen LogP contribution in [0.25, 0.3) is 5.69 Å². The molecule has 124 valence electrons. The molecule has 0 fully saturated rings. The first-order valence-corrected chi connectivity index (χ1v) is 8.55. The molecule has 3 aromatic rings. The van der Waals surface area contributed by atoms with Crippen molar-refractivity contribution in [2.75, 3.05) is 12.4 Å². The Labute approximate surface area is 144 Å². The Morgan fingerprint density at radius 3 is 2.62 bits per heavy atom. The van der Waals surface area contributed by atoms with Crippen LogP contribution in [0, 0.1) is 6.92 Å². The third kappa shape index (κ3) is 4.33. The molecule has 1 atom stereocenters. The second-order valence-corrected chi connectivity index (χ2v) is 6.28. The molecular formula is C17H18N4O2S. The van der Waals surface area contributed by atoms with Crippen molar-refractivity contribution in [3.05, 3.63) is 60.2 Å². The van der Waals surface area contributed by atoms with Gasteiger partial charge in [-0.1, -0.05) is 47.7 Å². The van der Waals surface area contributed by atoms with E-state index in [1.807, 2.05) is 61.5 Å². The number of nitrogens with zero attached hydrogens (tertiary/aromatic N) is 4. The maximum Gasteiger partial charge on any atom is 0.214 e. The first-order chi connectivity index (χ1) is 11.7. The van der Waals surface area contributed by atoms with E-state index in [-0.39, 0.29) is 6.61 Å². The Bertz CT molecular complexity index is 762. The second-order valence-electron chi connectivity index (χ2n) is 5.30. The number of benzene rings is 2. The molecule has 1 N–H and O–H groups in total. The molecule has 0 amide bonds. The zero-order valence-electron chi connectivity index (χ0n) is 13.2.